The topological polar surface area (TPSA) is 49.3 Å². The first-order chi connectivity index (χ1) is 8.27. The SMILES string of the molecule is O=c1cccccc1NCc1ccccc1O. The number of hydrogen-bond donors (Lipinski definition) is 2. The first-order valence-corrected chi connectivity index (χ1v) is 5.37. The van der Waals surface area contributed by atoms with Crippen LogP contribution in [0.5, 0.6) is 5.75 Å². The van der Waals surface area contributed by atoms with Gasteiger partial charge in [0.15, 0.2) is 0 Å². The van der Waals surface area contributed by atoms with Gasteiger partial charge in [-0.05, 0) is 18.2 Å². The molecular weight excluding hydrogens is 214 g/mol. The van der Waals surface area contributed by atoms with Crippen molar-refractivity contribution >= 4 is 5.69 Å². The Morgan fingerprint density at radius 2 is 1.65 bits per heavy atom. The number of phenols is 1. The van der Waals surface area contributed by atoms with E-state index >= 15 is 0 Å². The summed E-state index contributed by atoms with van der Waals surface area (Å²) in [5.41, 5.74) is 1.22. The zero-order chi connectivity index (χ0) is 12.1. The Balaban J connectivity index is 2.17. The molecule has 2 aromatic carbocycles. The van der Waals surface area contributed by atoms with Gasteiger partial charge in [-0.25, -0.2) is 0 Å². The van der Waals surface area contributed by atoms with Crippen molar-refractivity contribution < 1.29 is 5.11 Å². The normalized spacial score (nSPS) is 9.88. The predicted octanol–water partition coefficient (Wildman–Crippen LogP) is 2.36. The van der Waals surface area contributed by atoms with E-state index in [-0.39, 0.29) is 11.2 Å². The average Bonchev–Trinajstić information content (AvgIpc) is 2.53. The quantitative estimate of drug-likeness (QED) is 0.846. The van der Waals surface area contributed by atoms with E-state index < -0.39 is 0 Å². The Morgan fingerprint density at radius 1 is 0.941 bits per heavy atom. The lowest BCUT2D eigenvalue weighted by Crippen LogP contribution is -2.08. The Morgan fingerprint density at radius 3 is 2.47 bits per heavy atom. The predicted molar refractivity (Wildman–Crippen MR) is 68.1 cm³/mol. The van der Waals surface area contributed by atoms with Crippen LogP contribution >= 0.6 is 0 Å². The van der Waals surface area contributed by atoms with Crippen LogP contribution in [0.15, 0.2) is 59.4 Å². The molecular formula is C14H13NO2. The molecule has 3 heteroatoms. The van der Waals surface area contributed by atoms with Gasteiger partial charge in [0.1, 0.15) is 5.75 Å². The Bertz CT molecular complexity index is 567. The maximum Gasteiger partial charge on any atom is 0.201 e. The molecule has 0 heterocycles. The fourth-order valence-corrected chi connectivity index (χ4v) is 1.53. The van der Waals surface area contributed by atoms with Gasteiger partial charge in [-0.2, -0.15) is 0 Å². The Kier molecular flexibility index (Phi) is 3.40. The van der Waals surface area contributed by atoms with Crippen LogP contribution in [0.2, 0.25) is 0 Å². The van der Waals surface area contributed by atoms with E-state index in [0.717, 1.165) is 5.56 Å². The molecule has 0 atom stereocenters. The molecule has 0 radical (unpaired) electrons. The monoisotopic (exact) mass is 227 g/mol. The van der Waals surface area contributed by atoms with E-state index in [2.05, 4.69) is 5.32 Å². The van der Waals surface area contributed by atoms with E-state index in [9.17, 15) is 9.90 Å². The van der Waals surface area contributed by atoms with Crippen LogP contribution in [0.3, 0.4) is 0 Å². The lowest BCUT2D eigenvalue weighted by atomic mass is 10.2. The number of anilines is 1. The second-order valence-corrected chi connectivity index (χ2v) is 3.67. The van der Waals surface area contributed by atoms with Gasteiger partial charge in [-0.3, -0.25) is 4.79 Å². The molecule has 0 amide bonds. The standard InChI is InChI=1S/C14H13NO2/c16-13-8-5-4-6-11(13)10-15-12-7-2-1-3-9-14(12)17/h1-9,16H,10H2,(H,15,17). The largest absolute Gasteiger partial charge is 0.508 e. The van der Waals surface area contributed by atoms with Crippen LogP contribution in [0, 0.1) is 0 Å². The number of nitrogens with one attached hydrogen (secondary N) is 1. The molecule has 0 spiro atoms. The van der Waals surface area contributed by atoms with Gasteiger partial charge in [-0.15, -0.1) is 0 Å². The van der Waals surface area contributed by atoms with Crippen molar-refractivity contribution in [1.29, 1.82) is 0 Å². The van der Waals surface area contributed by atoms with Crippen LogP contribution in [0.25, 0.3) is 0 Å². The highest BCUT2D eigenvalue weighted by Gasteiger charge is 2.00. The fraction of sp³-hybridized carbons (Fsp3) is 0.0714. The highest BCUT2D eigenvalue weighted by atomic mass is 16.3. The highest BCUT2D eigenvalue weighted by Crippen LogP contribution is 2.16. The van der Waals surface area contributed by atoms with Crippen LogP contribution < -0.4 is 10.7 Å². The van der Waals surface area contributed by atoms with Crippen LogP contribution in [0.4, 0.5) is 5.69 Å². The molecule has 0 saturated carbocycles. The summed E-state index contributed by atoms with van der Waals surface area (Å²) in [6, 6.07) is 15.6. The van der Waals surface area contributed by atoms with Gasteiger partial charge in [0.05, 0.1) is 5.69 Å². The van der Waals surface area contributed by atoms with E-state index in [4.69, 9.17) is 0 Å². The summed E-state index contributed by atoms with van der Waals surface area (Å²) in [4.78, 5) is 11.6. The summed E-state index contributed by atoms with van der Waals surface area (Å²) in [6.07, 6.45) is 0. The van der Waals surface area contributed by atoms with E-state index in [0.29, 0.717) is 12.2 Å². The molecule has 2 rings (SSSR count). The lowest BCUT2D eigenvalue weighted by molar-refractivity contribution is 0.469. The molecule has 86 valence electrons. The number of aromatic hydroxyl groups is 1. The number of phenolic OH excluding ortho intramolecular Hbond substituents is 1. The summed E-state index contributed by atoms with van der Waals surface area (Å²) in [6.45, 7) is 0.423. The van der Waals surface area contributed by atoms with Crippen molar-refractivity contribution in [3.05, 3.63) is 70.4 Å². The first-order valence-electron chi connectivity index (χ1n) is 5.37. The lowest BCUT2D eigenvalue weighted by Gasteiger charge is -2.05. The second kappa shape index (κ2) is 5.16. The van der Waals surface area contributed by atoms with Gasteiger partial charge in [0.2, 0.25) is 5.43 Å². The first kappa shape index (κ1) is 11.2. The van der Waals surface area contributed by atoms with Crippen molar-refractivity contribution in [2.24, 2.45) is 0 Å². The summed E-state index contributed by atoms with van der Waals surface area (Å²) < 4.78 is 0. The van der Waals surface area contributed by atoms with Gasteiger partial charge >= 0.3 is 0 Å². The van der Waals surface area contributed by atoms with Crippen molar-refractivity contribution in [2.75, 3.05) is 5.32 Å². The zero-order valence-corrected chi connectivity index (χ0v) is 9.26. The third kappa shape index (κ3) is 2.84. The Hall–Kier alpha value is -2.29. The van der Waals surface area contributed by atoms with E-state index in [1.807, 2.05) is 12.1 Å². The van der Waals surface area contributed by atoms with Crippen LogP contribution in [0.1, 0.15) is 5.56 Å². The molecule has 0 aromatic heterocycles. The third-order valence-electron chi connectivity index (χ3n) is 2.46. The maximum atomic E-state index is 11.6. The molecule has 2 aromatic rings. The number of para-hydroxylation sites is 1. The minimum absolute atomic E-state index is 0.0644. The number of hydrogen-bond acceptors (Lipinski definition) is 3. The van der Waals surface area contributed by atoms with Crippen LogP contribution in [-0.2, 0) is 6.54 Å². The van der Waals surface area contributed by atoms with Gasteiger partial charge in [-0.1, -0.05) is 36.4 Å². The smallest absolute Gasteiger partial charge is 0.201 e. The summed E-state index contributed by atoms with van der Waals surface area (Å²) >= 11 is 0. The molecule has 17 heavy (non-hydrogen) atoms. The molecule has 0 aliphatic rings. The van der Waals surface area contributed by atoms with E-state index in [1.54, 1.807) is 36.4 Å². The number of rotatable bonds is 3. The summed E-state index contributed by atoms with van der Waals surface area (Å²) in [5, 5.41) is 12.6. The van der Waals surface area contributed by atoms with Gasteiger partial charge in [0.25, 0.3) is 0 Å². The van der Waals surface area contributed by atoms with Crippen molar-refractivity contribution in [1.82, 2.24) is 0 Å². The average molecular weight is 227 g/mol. The number of benzene rings is 1. The summed E-state index contributed by atoms with van der Waals surface area (Å²) in [7, 11) is 0. The highest BCUT2D eigenvalue weighted by molar-refractivity contribution is 5.44. The summed E-state index contributed by atoms with van der Waals surface area (Å²) in [5.74, 6) is 0.229. The minimum Gasteiger partial charge on any atom is -0.508 e. The van der Waals surface area contributed by atoms with Crippen molar-refractivity contribution in [2.45, 2.75) is 6.54 Å². The minimum atomic E-state index is -0.0644. The molecule has 0 saturated heterocycles. The van der Waals surface area contributed by atoms with Gasteiger partial charge in [0, 0.05) is 12.1 Å². The van der Waals surface area contributed by atoms with Crippen molar-refractivity contribution in [3.8, 4) is 5.75 Å². The molecule has 2 N–H and O–H groups in total. The molecule has 0 aliphatic carbocycles. The zero-order valence-electron chi connectivity index (χ0n) is 9.26. The second-order valence-electron chi connectivity index (χ2n) is 3.67. The Labute approximate surface area is 99.4 Å². The molecule has 0 bridgehead atoms. The molecule has 0 fully saturated rings. The van der Waals surface area contributed by atoms with Gasteiger partial charge < -0.3 is 10.4 Å². The van der Waals surface area contributed by atoms with Crippen LogP contribution in [-0.4, -0.2) is 5.11 Å². The third-order valence-corrected chi connectivity index (χ3v) is 2.46. The molecule has 0 unspecified atom stereocenters. The molecule has 3 nitrogen and oxygen atoms in total. The molecule has 0 aliphatic heterocycles. The maximum absolute atomic E-state index is 11.6. The fourth-order valence-electron chi connectivity index (χ4n) is 1.53. The van der Waals surface area contributed by atoms with Crippen molar-refractivity contribution in [3.63, 3.8) is 0 Å². The van der Waals surface area contributed by atoms with E-state index in [1.165, 1.54) is 6.07 Å².